The average Bonchev–Trinajstić information content (AvgIpc) is 2.47. The van der Waals surface area contributed by atoms with E-state index in [1.165, 1.54) is 5.56 Å². The molecule has 21 heavy (non-hydrogen) atoms. The maximum absolute atomic E-state index is 12.1. The van der Waals surface area contributed by atoms with E-state index in [2.05, 4.69) is 54.0 Å². The number of halogens is 1. The van der Waals surface area contributed by atoms with Crippen molar-refractivity contribution in [2.24, 2.45) is 0 Å². The summed E-state index contributed by atoms with van der Waals surface area (Å²) in [6, 6.07) is 16.4. The SMILES string of the molecule is CC(C)c1ccc(CC(=O)CSc2ccccc2Br)cc1. The molecule has 2 aromatic carbocycles. The van der Waals surface area contributed by atoms with Gasteiger partial charge in [0.2, 0.25) is 0 Å². The molecule has 0 bridgehead atoms. The molecule has 0 atom stereocenters. The Morgan fingerprint density at radius 3 is 2.38 bits per heavy atom. The largest absolute Gasteiger partial charge is 0.298 e. The fourth-order valence-electron chi connectivity index (χ4n) is 2.02. The highest BCUT2D eigenvalue weighted by molar-refractivity contribution is 9.10. The second-order valence-corrected chi connectivity index (χ2v) is 7.20. The van der Waals surface area contributed by atoms with Gasteiger partial charge in [-0.1, -0.05) is 50.2 Å². The smallest absolute Gasteiger partial charge is 0.147 e. The molecule has 0 aliphatic heterocycles. The summed E-state index contributed by atoms with van der Waals surface area (Å²) in [5.74, 6) is 1.29. The molecule has 0 amide bonds. The number of hydrogen-bond acceptors (Lipinski definition) is 2. The van der Waals surface area contributed by atoms with Crippen LogP contribution in [0.4, 0.5) is 0 Å². The lowest BCUT2D eigenvalue weighted by molar-refractivity contribution is -0.116. The monoisotopic (exact) mass is 362 g/mol. The van der Waals surface area contributed by atoms with Crippen molar-refractivity contribution in [1.29, 1.82) is 0 Å². The second-order valence-electron chi connectivity index (χ2n) is 5.33. The number of carbonyl (C=O) groups is 1. The van der Waals surface area contributed by atoms with Crippen molar-refractivity contribution in [3.63, 3.8) is 0 Å². The van der Waals surface area contributed by atoms with Crippen molar-refractivity contribution < 1.29 is 4.79 Å². The molecule has 1 nitrogen and oxygen atoms in total. The molecule has 2 aromatic rings. The molecule has 0 spiro atoms. The normalized spacial score (nSPS) is 10.9. The van der Waals surface area contributed by atoms with Crippen molar-refractivity contribution in [2.75, 3.05) is 5.75 Å². The van der Waals surface area contributed by atoms with Gasteiger partial charge >= 0.3 is 0 Å². The second kappa shape index (κ2) is 7.81. The predicted octanol–water partition coefficient (Wildman–Crippen LogP) is 5.48. The maximum Gasteiger partial charge on any atom is 0.147 e. The van der Waals surface area contributed by atoms with Crippen LogP contribution in [-0.4, -0.2) is 11.5 Å². The van der Waals surface area contributed by atoms with E-state index in [9.17, 15) is 4.79 Å². The molecule has 3 heteroatoms. The Morgan fingerprint density at radius 2 is 1.76 bits per heavy atom. The first kappa shape index (κ1) is 16.3. The van der Waals surface area contributed by atoms with E-state index in [0.29, 0.717) is 18.1 Å². The van der Waals surface area contributed by atoms with Crippen molar-refractivity contribution in [1.82, 2.24) is 0 Å². The van der Waals surface area contributed by atoms with Gasteiger partial charge in [-0.3, -0.25) is 4.79 Å². The van der Waals surface area contributed by atoms with E-state index >= 15 is 0 Å². The predicted molar refractivity (Wildman–Crippen MR) is 94.1 cm³/mol. The Balaban J connectivity index is 1.88. The number of ketones is 1. The van der Waals surface area contributed by atoms with Crippen LogP contribution in [0.2, 0.25) is 0 Å². The summed E-state index contributed by atoms with van der Waals surface area (Å²) in [6.07, 6.45) is 0.510. The number of carbonyl (C=O) groups excluding carboxylic acids is 1. The van der Waals surface area contributed by atoms with Gasteiger partial charge in [-0.05, 0) is 45.1 Å². The third-order valence-electron chi connectivity index (χ3n) is 3.27. The minimum Gasteiger partial charge on any atom is -0.298 e. The molecular weight excluding hydrogens is 344 g/mol. The molecular formula is C18H19BrOS. The molecule has 0 fully saturated rings. The number of hydrogen-bond donors (Lipinski definition) is 0. The highest BCUT2D eigenvalue weighted by Crippen LogP contribution is 2.27. The summed E-state index contributed by atoms with van der Waals surface area (Å²) in [6.45, 7) is 4.35. The third kappa shape index (κ3) is 5.01. The first-order chi connectivity index (χ1) is 10.1. The van der Waals surface area contributed by atoms with Gasteiger partial charge in [0.1, 0.15) is 5.78 Å². The molecule has 110 valence electrons. The van der Waals surface area contributed by atoms with E-state index in [1.54, 1.807) is 11.8 Å². The Labute approximate surface area is 139 Å². The van der Waals surface area contributed by atoms with E-state index < -0.39 is 0 Å². The van der Waals surface area contributed by atoms with Crippen LogP contribution in [0.15, 0.2) is 57.9 Å². The number of rotatable bonds is 6. The number of benzene rings is 2. The molecule has 0 unspecified atom stereocenters. The first-order valence-corrected chi connectivity index (χ1v) is 8.82. The summed E-state index contributed by atoms with van der Waals surface area (Å²) < 4.78 is 1.05. The van der Waals surface area contributed by atoms with Crippen LogP contribution in [0.5, 0.6) is 0 Å². The Morgan fingerprint density at radius 1 is 1.10 bits per heavy atom. The van der Waals surface area contributed by atoms with Gasteiger partial charge in [0.25, 0.3) is 0 Å². The van der Waals surface area contributed by atoms with Crippen molar-refractivity contribution >= 4 is 33.5 Å². The van der Waals surface area contributed by atoms with E-state index in [1.807, 2.05) is 24.3 Å². The Bertz CT molecular complexity index is 605. The maximum atomic E-state index is 12.1. The molecule has 0 aromatic heterocycles. The van der Waals surface area contributed by atoms with Gasteiger partial charge < -0.3 is 0 Å². The zero-order valence-corrected chi connectivity index (χ0v) is 14.7. The molecule has 2 rings (SSSR count). The lowest BCUT2D eigenvalue weighted by Gasteiger charge is -2.07. The lowest BCUT2D eigenvalue weighted by Crippen LogP contribution is -2.05. The summed E-state index contributed by atoms with van der Waals surface area (Å²) in [5.41, 5.74) is 2.41. The quantitative estimate of drug-likeness (QED) is 0.633. The molecule has 0 radical (unpaired) electrons. The molecule has 0 saturated heterocycles. The zero-order valence-electron chi connectivity index (χ0n) is 12.3. The molecule has 0 saturated carbocycles. The van der Waals surface area contributed by atoms with E-state index in [-0.39, 0.29) is 5.78 Å². The summed E-state index contributed by atoms with van der Waals surface area (Å²) >= 11 is 5.09. The van der Waals surface area contributed by atoms with Gasteiger partial charge in [0.15, 0.2) is 0 Å². The summed E-state index contributed by atoms with van der Waals surface area (Å²) in [4.78, 5) is 13.2. The highest BCUT2D eigenvalue weighted by Gasteiger charge is 2.07. The summed E-state index contributed by atoms with van der Waals surface area (Å²) in [5, 5.41) is 0. The average molecular weight is 363 g/mol. The van der Waals surface area contributed by atoms with Crippen LogP contribution >= 0.6 is 27.7 Å². The van der Waals surface area contributed by atoms with Crippen LogP contribution in [0, 0.1) is 0 Å². The minimum absolute atomic E-state index is 0.257. The zero-order chi connectivity index (χ0) is 15.2. The van der Waals surface area contributed by atoms with Gasteiger partial charge in [-0.2, -0.15) is 0 Å². The molecule has 0 heterocycles. The first-order valence-electron chi connectivity index (χ1n) is 7.04. The van der Waals surface area contributed by atoms with Crippen LogP contribution in [0.25, 0.3) is 0 Å². The lowest BCUT2D eigenvalue weighted by atomic mass is 10.0. The minimum atomic E-state index is 0.257. The van der Waals surface area contributed by atoms with Crippen molar-refractivity contribution in [3.05, 3.63) is 64.1 Å². The standard InChI is InChI=1S/C18H19BrOS/c1-13(2)15-9-7-14(8-10-15)11-16(20)12-21-18-6-4-3-5-17(18)19/h3-10,13H,11-12H2,1-2H3. The fraction of sp³-hybridized carbons (Fsp3) is 0.278. The van der Waals surface area contributed by atoms with E-state index in [4.69, 9.17) is 0 Å². The topological polar surface area (TPSA) is 17.1 Å². The summed E-state index contributed by atoms with van der Waals surface area (Å²) in [7, 11) is 0. The van der Waals surface area contributed by atoms with Gasteiger partial charge in [-0.15, -0.1) is 11.8 Å². The van der Waals surface area contributed by atoms with Crippen LogP contribution in [0.3, 0.4) is 0 Å². The fourth-order valence-corrected chi connectivity index (χ4v) is 3.45. The van der Waals surface area contributed by atoms with Gasteiger partial charge in [0, 0.05) is 15.8 Å². The highest BCUT2D eigenvalue weighted by atomic mass is 79.9. The van der Waals surface area contributed by atoms with Gasteiger partial charge in [0.05, 0.1) is 5.75 Å². The Hall–Kier alpha value is -1.06. The van der Waals surface area contributed by atoms with Crippen LogP contribution in [-0.2, 0) is 11.2 Å². The van der Waals surface area contributed by atoms with E-state index in [0.717, 1.165) is 14.9 Å². The van der Waals surface area contributed by atoms with Crippen LogP contribution < -0.4 is 0 Å². The molecule has 0 N–H and O–H groups in total. The van der Waals surface area contributed by atoms with Crippen molar-refractivity contribution in [2.45, 2.75) is 31.1 Å². The number of Topliss-reactive ketones (excluding diaryl/α,β-unsaturated/α-hetero) is 1. The third-order valence-corrected chi connectivity index (χ3v) is 5.36. The van der Waals surface area contributed by atoms with Crippen LogP contribution in [0.1, 0.15) is 30.9 Å². The number of thioether (sulfide) groups is 1. The Kier molecular flexibility index (Phi) is 6.07. The van der Waals surface area contributed by atoms with Gasteiger partial charge in [-0.25, -0.2) is 0 Å². The molecule has 0 aliphatic rings. The van der Waals surface area contributed by atoms with Crippen molar-refractivity contribution in [3.8, 4) is 0 Å². The molecule has 0 aliphatic carbocycles.